The van der Waals surface area contributed by atoms with Gasteiger partial charge in [0, 0.05) is 25.3 Å². The topological polar surface area (TPSA) is 93.4 Å². The molecule has 0 bridgehead atoms. The van der Waals surface area contributed by atoms with Crippen LogP contribution in [0.15, 0.2) is 27.6 Å². The summed E-state index contributed by atoms with van der Waals surface area (Å²) in [7, 11) is -3.37. The van der Waals surface area contributed by atoms with E-state index in [2.05, 4.69) is 10.1 Å². The van der Waals surface area contributed by atoms with Gasteiger partial charge in [-0.05, 0) is 37.5 Å². The van der Waals surface area contributed by atoms with Crippen LogP contribution in [0.25, 0.3) is 0 Å². The van der Waals surface area contributed by atoms with E-state index in [1.807, 2.05) is 0 Å². The third kappa shape index (κ3) is 3.06. The van der Waals surface area contributed by atoms with Gasteiger partial charge in [-0.15, -0.1) is 0 Å². The summed E-state index contributed by atoms with van der Waals surface area (Å²) in [6.07, 6.45) is 2.73. The molecule has 0 radical (unpaired) electrons. The Balaban J connectivity index is 1.96. The lowest BCUT2D eigenvalue weighted by atomic mass is 10.1. The molecule has 1 amide bonds. The molecule has 0 spiro atoms. The largest absolute Gasteiger partial charge is 0.340 e. The number of nitrogens with zero attached hydrogens (tertiary/aromatic N) is 3. The maximum absolute atomic E-state index is 13.0. The first-order chi connectivity index (χ1) is 11.3. The SMILES string of the molecule is Cc1nc([C@@H]2CCCN2C(=O)c2cc(S(C)(=O)=O)ccc2C)no1. The Morgan fingerprint density at radius 1 is 1.33 bits per heavy atom. The van der Waals surface area contributed by atoms with Crippen molar-refractivity contribution >= 4 is 15.7 Å². The zero-order chi connectivity index (χ0) is 17.5. The van der Waals surface area contributed by atoms with Crippen molar-refractivity contribution in [2.75, 3.05) is 12.8 Å². The molecule has 24 heavy (non-hydrogen) atoms. The van der Waals surface area contributed by atoms with Crippen LogP contribution in [0.2, 0.25) is 0 Å². The predicted molar refractivity (Wildman–Crippen MR) is 86.3 cm³/mol. The molecular weight excluding hydrogens is 330 g/mol. The monoisotopic (exact) mass is 349 g/mol. The summed E-state index contributed by atoms with van der Waals surface area (Å²) in [4.78, 5) is 19.0. The first kappa shape index (κ1) is 16.6. The normalized spacial score (nSPS) is 18.1. The standard InChI is InChI=1S/C16H19N3O4S/c1-10-6-7-12(24(3,21)22)9-13(10)16(20)19-8-4-5-14(19)15-17-11(2)23-18-15/h6-7,9,14H,4-5,8H2,1-3H3/t14-/m0/s1. The van der Waals surface area contributed by atoms with Gasteiger partial charge in [-0.1, -0.05) is 11.2 Å². The average Bonchev–Trinajstić information content (AvgIpc) is 3.14. The predicted octanol–water partition coefficient (Wildman–Crippen LogP) is 2.07. The van der Waals surface area contributed by atoms with Crippen LogP contribution in [0.3, 0.4) is 0 Å². The lowest BCUT2D eigenvalue weighted by Gasteiger charge is -2.23. The van der Waals surface area contributed by atoms with Crippen molar-refractivity contribution in [1.82, 2.24) is 15.0 Å². The molecular formula is C16H19N3O4S. The third-order valence-corrected chi connectivity index (χ3v) is 5.33. The van der Waals surface area contributed by atoms with E-state index >= 15 is 0 Å². The van der Waals surface area contributed by atoms with E-state index in [-0.39, 0.29) is 16.8 Å². The molecule has 1 atom stereocenters. The zero-order valence-corrected chi connectivity index (χ0v) is 14.6. The highest BCUT2D eigenvalue weighted by atomic mass is 32.2. The molecule has 0 saturated carbocycles. The number of benzene rings is 1. The average molecular weight is 349 g/mol. The first-order valence-electron chi connectivity index (χ1n) is 7.69. The molecule has 1 saturated heterocycles. The second kappa shape index (κ2) is 6.01. The first-order valence-corrected chi connectivity index (χ1v) is 9.58. The van der Waals surface area contributed by atoms with Crippen molar-refractivity contribution in [3.63, 3.8) is 0 Å². The summed E-state index contributed by atoms with van der Waals surface area (Å²) >= 11 is 0. The quantitative estimate of drug-likeness (QED) is 0.842. The van der Waals surface area contributed by atoms with E-state index < -0.39 is 9.84 Å². The number of hydrogen-bond acceptors (Lipinski definition) is 6. The van der Waals surface area contributed by atoms with Gasteiger partial charge in [-0.3, -0.25) is 4.79 Å². The van der Waals surface area contributed by atoms with E-state index in [1.54, 1.807) is 24.8 Å². The van der Waals surface area contributed by atoms with Gasteiger partial charge in [0.25, 0.3) is 5.91 Å². The molecule has 1 aromatic heterocycles. The van der Waals surface area contributed by atoms with Gasteiger partial charge in [0.2, 0.25) is 5.89 Å². The summed E-state index contributed by atoms with van der Waals surface area (Å²) in [6.45, 7) is 4.08. The van der Waals surface area contributed by atoms with Crippen molar-refractivity contribution in [3.8, 4) is 0 Å². The minimum atomic E-state index is -3.37. The van der Waals surface area contributed by atoms with Gasteiger partial charge in [0.05, 0.1) is 10.9 Å². The highest BCUT2D eigenvalue weighted by Crippen LogP contribution is 2.32. The van der Waals surface area contributed by atoms with Gasteiger partial charge in [-0.2, -0.15) is 4.98 Å². The fraction of sp³-hybridized carbons (Fsp3) is 0.438. The molecule has 7 nitrogen and oxygen atoms in total. The van der Waals surface area contributed by atoms with E-state index in [4.69, 9.17) is 4.52 Å². The molecule has 2 aromatic rings. The van der Waals surface area contributed by atoms with Crippen LogP contribution in [0.5, 0.6) is 0 Å². The Kier molecular flexibility index (Phi) is 4.16. The molecule has 1 aromatic carbocycles. The molecule has 128 valence electrons. The smallest absolute Gasteiger partial charge is 0.254 e. The van der Waals surface area contributed by atoms with Crippen molar-refractivity contribution in [2.24, 2.45) is 0 Å². The minimum absolute atomic E-state index is 0.141. The Labute approximate surface area is 140 Å². The number of carbonyl (C=O) groups excluding carboxylic acids is 1. The number of amides is 1. The second-order valence-electron chi connectivity index (χ2n) is 6.08. The summed E-state index contributed by atoms with van der Waals surface area (Å²) in [5, 5.41) is 3.93. The Morgan fingerprint density at radius 2 is 2.08 bits per heavy atom. The molecule has 8 heteroatoms. The summed E-state index contributed by atoms with van der Waals surface area (Å²) in [5.41, 5.74) is 1.13. The van der Waals surface area contributed by atoms with Crippen LogP contribution in [0.1, 0.15) is 46.5 Å². The van der Waals surface area contributed by atoms with E-state index in [0.717, 1.165) is 24.7 Å². The Hall–Kier alpha value is -2.22. The van der Waals surface area contributed by atoms with Crippen LogP contribution in [-0.2, 0) is 9.84 Å². The Bertz CT molecular complexity index is 888. The molecule has 0 N–H and O–H groups in total. The summed E-state index contributed by atoms with van der Waals surface area (Å²) in [6, 6.07) is 4.39. The number of hydrogen-bond donors (Lipinski definition) is 0. The third-order valence-electron chi connectivity index (χ3n) is 4.22. The van der Waals surface area contributed by atoms with E-state index in [9.17, 15) is 13.2 Å². The molecule has 1 aliphatic heterocycles. The molecule has 2 heterocycles. The van der Waals surface area contributed by atoms with Crippen molar-refractivity contribution in [2.45, 2.75) is 37.6 Å². The van der Waals surface area contributed by atoms with E-state index in [0.29, 0.717) is 23.8 Å². The van der Waals surface area contributed by atoms with Crippen LogP contribution >= 0.6 is 0 Å². The summed E-state index contributed by atoms with van der Waals surface area (Å²) in [5.74, 6) is 0.748. The number of aryl methyl sites for hydroxylation is 2. The second-order valence-corrected chi connectivity index (χ2v) is 8.09. The molecule has 1 fully saturated rings. The van der Waals surface area contributed by atoms with Gasteiger partial charge >= 0.3 is 0 Å². The number of sulfone groups is 1. The highest BCUT2D eigenvalue weighted by molar-refractivity contribution is 7.90. The number of aromatic nitrogens is 2. The number of rotatable bonds is 3. The molecule has 1 aliphatic rings. The van der Waals surface area contributed by atoms with Gasteiger partial charge in [0.1, 0.15) is 0 Å². The lowest BCUT2D eigenvalue weighted by Crippen LogP contribution is -2.31. The van der Waals surface area contributed by atoms with Crippen LogP contribution in [0.4, 0.5) is 0 Å². The van der Waals surface area contributed by atoms with E-state index in [1.165, 1.54) is 12.1 Å². The fourth-order valence-corrected chi connectivity index (χ4v) is 3.59. The zero-order valence-electron chi connectivity index (χ0n) is 13.8. The maximum atomic E-state index is 13.0. The Morgan fingerprint density at radius 3 is 2.71 bits per heavy atom. The number of carbonyl (C=O) groups is 1. The molecule has 3 rings (SSSR count). The van der Waals surface area contributed by atoms with Gasteiger partial charge < -0.3 is 9.42 Å². The maximum Gasteiger partial charge on any atom is 0.254 e. The van der Waals surface area contributed by atoms with Gasteiger partial charge in [0.15, 0.2) is 15.7 Å². The number of likely N-dealkylation sites (tertiary alicyclic amines) is 1. The minimum Gasteiger partial charge on any atom is -0.340 e. The molecule has 0 unspecified atom stereocenters. The van der Waals surface area contributed by atoms with Gasteiger partial charge in [-0.25, -0.2) is 8.42 Å². The van der Waals surface area contributed by atoms with Crippen LogP contribution in [0, 0.1) is 13.8 Å². The highest BCUT2D eigenvalue weighted by Gasteiger charge is 2.34. The van der Waals surface area contributed by atoms with Crippen molar-refractivity contribution in [1.29, 1.82) is 0 Å². The molecule has 0 aliphatic carbocycles. The van der Waals surface area contributed by atoms with Crippen molar-refractivity contribution in [3.05, 3.63) is 41.0 Å². The summed E-state index contributed by atoms with van der Waals surface area (Å²) < 4.78 is 28.6. The van der Waals surface area contributed by atoms with Crippen molar-refractivity contribution < 1.29 is 17.7 Å². The van der Waals surface area contributed by atoms with Crippen LogP contribution in [-0.4, -0.2) is 42.2 Å². The van der Waals surface area contributed by atoms with Crippen LogP contribution < -0.4 is 0 Å². The fourth-order valence-electron chi connectivity index (χ4n) is 2.95. The lowest BCUT2D eigenvalue weighted by molar-refractivity contribution is 0.0727.